The van der Waals surface area contributed by atoms with Crippen molar-refractivity contribution in [1.82, 2.24) is 0 Å². The average Bonchev–Trinajstić information content (AvgIpc) is 3.32. The standard InChI is InChI=1S/C22H32O9/c1-5-28-17(24)21(18(25)29-6-2)10-9-14(11-21)15-12-22(13-16(15)23,19(26)30-7-3)20(27)31-8-4/h14-15H,5-13H2,1-4H3. The highest BCUT2D eigenvalue weighted by Gasteiger charge is 2.62. The van der Waals surface area contributed by atoms with Crippen molar-refractivity contribution < 1.29 is 42.9 Å². The van der Waals surface area contributed by atoms with Gasteiger partial charge in [0.05, 0.1) is 26.4 Å². The molecule has 0 N–H and O–H groups in total. The molecule has 0 amide bonds. The van der Waals surface area contributed by atoms with E-state index in [0.29, 0.717) is 6.42 Å². The lowest BCUT2D eigenvalue weighted by Crippen LogP contribution is -2.41. The van der Waals surface area contributed by atoms with Crippen molar-refractivity contribution in [2.24, 2.45) is 22.7 Å². The number of hydrogen-bond acceptors (Lipinski definition) is 9. The second-order valence-electron chi connectivity index (χ2n) is 8.00. The van der Waals surface area contributed by atoms with Gasteiger partial charge in [0.25, 0.3) is 0 Å². The molecule has 2 aliphatic carbocycles. The highest BCUT2D eigenvalue weighted by Crippen LogP contribution is 2.53. The Labute approximate surface area is 182 Å². The van der Waals surface area contributed by atoms with Crippen molar-refractivity contribution in [2.75, 3.05) is 26.4 Å². The van der Waals surface area contributed by atoms with Crippen molar-refractivity contribution in [1.29, 1.82) is 0 Å². The van der Waals surface area contributed by atoms with E-state index in [-0.39, 0.29) is 63.8 Å². The molecule has 2 unspecified atom stereocenters. The number of rotatable bonds is 9. The number of carbonyl (C=O) groups is 5. The maximum Gasteiger partial charge on any atom is 0.323 e. The van der Waals surface area contributed by atoms with Crippen LogP contribution in [-0.4, -0.2) is 56.1 Å². The van der Waals surface area contributed by atoms with Crippen LogP contribution in [0.4, 0.5) is 0 Å². The molecule has 0 aromatic heterocycles. The van der Waals surface area contributed by atoms with Crippen LogP contribution in [-0.2, 0) is 42.9 Å². The molecule has 0 spiro atoms. The highest BCUT2D eigenvalue weighted by molar-refractivity contribution is 6.07. The van der Waals surface area contributed by atoms with E-state index >= 15 is 0 Å². The Balaban J connectivity index is 2.31. The maximum absolute atomic E-state index is 12.9. The minimum atomic E-state index is -1.69. The van der Waals surface area contributed by atoms with Crippen LogP contribution in [0, 0.1) is 22.7 Å². The fraction of sp³-hybridized carbons (Fsp3) is 0.773. The van der Waals surface area contributed by atoms with Gasteiger partial charge in [0.15, 0.2) is 10.8 Å². The van der Waals surface area contributed by atoms with Gasteiger partial charge in [0, 0.05) is 12.3 Å². The Hall–Kier alpha value is -2.45. The van der Waals surface area contributed by atoms with E-state index in [4.69, 9.17) is 18.9 Å². The number of esters is 4. The summed E-state index contributed by atoms with van der Waals surface area (Å²) in [5.74, 6) is -4.18. The van der Waals surface area contributed by atoms with Gasteiger partial charge in [-0.05, 0) is 59.3 Å². The van der Waals surface area contributed by atoms with E-state index < -0.39 is 40.6 Å². The molecule has 2 saturated carbocycles. The number of hydrogen-bond donors (Lipinski definition) is 0. The van der Waals surface area contributed by atoms with Crippen LogP contribution in [0.15, 0.2) is 0 Å². The van der Waals surface area contributed by atoms with Gasteiger partial charge in [-0.15, -0.1) is 0 Å². The van der Waals surface area contributed by atoms with Gasteiger partial charge in [-0.1, -0.05) is 0 Å². The minimum Gasteiger partial charge on any atom is -0.465 e. The molecular weight excluding hydrogens is 408 g/mol. The van der Waals surface area contributed by atoms with E-state index in [1.807, 2.05) is 0 Å². The van der Waals surface area contributed by atoms with Gasteiger partial charge < -0.3 is 18.9 Å². The first-order chi connectivity index (χ1) is 14.7. The molecule has 9 nitrogen and oxygen atoms in total. The molecule has 2 fully saturated rings. The van der Waals surface area contributed by atoms with Crippen molar-refractivity contribution >= 4 is 29.7 Å². The zero-order valence-corrected chi connectivity index (χ0v) is 18.7. The van der Waals surface area contributed by atoms with Crippen LogP contribution in [0.5, 0.6) is 0 Å². The molecule has 2 atom stereocenters. The fourth-order valence-corrected chi connectivity index (χ4v) is 4.77. The van der Waals surface area contributed by atoms with Crippen LogP contribution < -0.4 is 0 Å². The van der Waals surface area contributed by atoms with E-state index in [2.05, 4.69) is 0 Å². The van der Waals surface area contributed by atoms with Crippen molar-refractivity contribution in [3.05, 3.63) is 0 Å². The first-order valence-corrected chi connectivity index (χ1v) is 10.9. The van der Waals surface area contributed by atoms with E-state index in [1.54, 1.807) is 27.7 Å². The summed E-state index contributed by atoms with van der Waals surface area (Å²) in [7, 11) is 0. The molecule has 9 heteroatoms. The van der Waals surface area contributed by atoms with E-state index in [9.17, 15) is 24.0 Å². The summed E-state index contributed by atoms with van der Waals surface area (Å²) in [5.41, 5.74) is -3.16. The zero-order valence-electron chi connectivity index (χ0n) is 18.7. The van der Waals surface area contributed by atoms with E-state index in [0.717, 1.165) is 0 Å². The Kier molecular flexibility index (Phi) is 8.20. The third-order valence-electron chi connectivity index (χ3n) is 6.24. The molecule has 0 aliphatic heterocycles. The summed E-state index contributed by atoms with van der Waals surface area (Å²) in [4.78, 5) is 63.7. The smallest absolute Gasteiger partial charge is 0.323 e. The summed E-state index contributed by atoms with van der Waals surface area (Å²) in [5, 5.41) is 0. The Morgan fingerprint density at radius 1 is 0.742 bits per heavy atom. The maximum atomic E-state index is 12.9. The predicted octanol–water partition coefficient (Wildman–Crippen LogP) is 1.99. The summed E-state index contributed by atoms with van der Waals surface area (Å²) < 4.78 is 20.5. The number of ether oxygens (including phenoxy) is 4. The molecule has 0 radical (unpaired) electrons. The zero-order chi connectivity index (χ0) is 23.2. The number of carbonyl (C=O) groups excluding carboxylic acids is 5. The third-order valence-corrected chi connectivity index (χ3v) is 6.24. The average molecular weight is 440 g/mol. The van der Waals surface area contributed by atoms with Gasteiger partial charge >= 0.3 is 23.9 Å². The Bertz CT molecular complexity index is 690. The van der Waals surface area contributed by atoms with Gasteiger partial charge in [-0.25, -0.2) is 0 Å². The van der Waals surface area contributed by atoms with Crippen molar-refractivity contribution in [3.8, 4) is 0 Å². The molecule has 0 aromatic carbocycles. The quantitative estimate of drug-likeness (QED) is 0.301. The molecule has 2 aliphatic rings. The lowest BCUT2D eigenvalue weighted by molar-refractivity contribution is -0.174. The van der Waals surface area contributed by atoms with Gasteiger partial charge in [-0.3, -0.25) is 24.0 Å². The molecular formula is C22H32O9. The van der Waals surface area contributed by atoms with Crippen LogP contribution in [0.3, 0.4) is 0 Å². The van der Waals surface area contributed by atoms with Crippen LogP contribution in [0.2, 0.25) is 0 Å². The monoisotopic (exact) mass is 440 g/mol. The lowest BCUT2D eigenvalue weighted by Gasteiger charge is -2.26. The van der Waals surface area contributed by atoms with Crippen LogP contribution >= 0.6 is 0 Å². The molecule has 0 saturated heterocycles. The molecule has 2 rings (SSSR count). The van der Waals surface area contributed by atoms with E-state index in [1.165, 1.54) is 0 Å². The Morgan fingerprint density at radius 2 is 1.16 bits per heavy atom. The fourth-order valence-electron chi connectivity index (χ4n) is 4.77. The minimum absolute atomic E-state index is 0.0596. The Morgan fingerprint density at radius 3 is 1.58 bits per heavy atom. The first kappa shape index (κ1) is 24.8. The lowest BCUT2D eigenvalue weighted by atomic mass is 9.79. The summed E-state index contributed by atoms with van der Waals surface area (Å²) in [6.45, 7) is 6.90. The molecule has 31 heavy (non-hydrogen) atoms. The van der Waals surface area contributed by atoms with Crippen LogP contribution in [0.25, 0.3) is 0 Å². The number of Topliss-reactive ketones (excluding diaryl/α,β-unsaturated/α-hetero) is 1. The second kappa shape index (κ2) is 10.2. The molecule has 0 aromatic rings. The van der Waals surface area contributed by atoms with Crippen molar-refractivity contribution in [3.63, 3.8) is 0 Å². The molecule has 0 bridgehead atoms. The molecule has 0 heterocycles. The predicted molar refractivity (Wildman–Crippen MR) is 106 cm³/mol. The normalized spacial score (nSPS) is 23.8. The molecule has 174 valence electrons. The SMILES string of the molecule is CCOC(=O)C1(C(=O)OCC)CCC(C2CC(C(=O)OCC)(C(=O)OCC)CC2=O)C1. The summed E-state index contributed by atoms with van der Waals surface area (Å²) >= 11 is 0. The van der Waals surface area contributed by atoms with Gasteiger partial charge in [0.1, 0.15) is 5.78 Å². The second-order valence-corrected chi connectivity index (χ2v) is 8.00. The van der Waals surface area contributed by atoms with Gasteiger partial charge in [0.2, 0.25) is 0 Å². The number of ketones is 1. The summed E-state index contributed by atoms with van der Waals surface area (Å²) in [6, 6.07) is 0. The largest absolute Gasteiger partial charge is 0.465 e. The first-order valence-electron chi connectivity index (χ1n) is 10.9. The van der Waals surface area contributed by atoms with Crippen LogP contribution in [0.1, 0.15) is 59.8 Å². The third kappa shape index (κ3) is 4.60. The highest BCUT2D eigenvalue weighted by atomic mass is 16.6. The topological polar surface area (TPSA) is 122 Å². The van der Waals surface area contributed by atoms with Gasteiger partial charge in [-0.2, -0.15) is 0 Å². The van der Waals surface area contributed by atoms with Crippen molar-refractivity contribution in [2.45, 2.75) is 59.8 Å². The summed E-state index contributed by atoms with van der Waals surface area (Å²) in [6.07, 6.45) is 0.289.